The number of imidazole rings is 1. The number of fused-ring (bicyclic) bond motifs is 1. The van der Waals surface area contributed by atoms with Crippen molar-refractivity contribution in [3.05, 3.63) is 64.6 Å². The van der Waals surface area contributed by atoms with Crippen LogP contribution in [0.2, 0.25) is 0 Å². The number of pyridine rings is 1. The molecule has 1 saturated carbocycles. The summed E-state index contributed by atoms with van der Waals surface area (Å²) in [6.45, 7) is 3.32. The number of aromatic nitrogens is 3. The van der Waals surface area contributed by atoms with Gasteiger partial charge >= 0.3 is 0 Å². The number of hydrogen-bond acceptors (Lipinski definition) is 6. The second-order valence-electron chi connectivity index (χ2n) is 10.2. The summed E-state index contributed by atoms with van der Waals surface area (Å²) in [5.74, 6) is 0.321. The molecule has 3 aliphatic rings. The van der Waals surface area contributed by atoms with Gasteiger partial charge in [0.15, 0.2) is 5.82 Å². The molecule has 0 radical (unpaired) electrons. The number of carbonyl (C=O) groups excluding carboxylic acids is 1. The van der Waals surface area contributed by atoms with Crippen molar-refractivity contribution in [1.82, 2.24) is 24.8 Å². The fraction of sp³-hybridized carbons (Fsp3) is 0.464. The van der Waals surface area contributed by atoms with Crippen molar-refractivity contribution in [2.45, 2.75) is 57.0 Å². The summed E-state index contributed by atoms with van der Waals surface area (Å²) in [6, 6.07) is 10.3. The minimum Gasteiger partial charge on any atom is -0.333 e. The first kappa shape index (κ1) is 23.0. The van der Waals surface area contributed by atoms with Gasteiger partial charge in [-0.2, -0.15) is 4.91 Å². The molecule has 2 aromatic heterocycles. The maximum Gasteiger partial charge on any atom is 0.289 e. The highest BCUT2D eigenvalue weighted by molar-refractivity contribution is 5.94. The zero-order valence-corrected chi connectivity index (χ0v) is 20.5. The van der Waals surface area contributed by atoms with E-state index in [1.165, 1.54) is 32.1 Å². The van der Waals surface area contributed by atoms with E-state index in [0.717, 1.165) is 72.7 Å². The lowest BCUT2D eigenvalue weighted by Gasteiger charge is -2.40. The van der Waals surface area contributed by atoms with E-state index in [2.05, 4.69) is 26.1 Å². The fourth-order valence-electron chi connectivity index (χ4n) is 6.15. The van der Waals surface area contributed by atoms with Crippen LogP contribution >= 0.6 is 0 Å². The van der Waals surface area contributed by atoms with Gasteiger partial charge in [-0.15, -0.1) is 0 Å². The maximum absolute atomic E-state index is 13.5. The predicted octanol–water partition coefficient (Wildman–Crippen LogP) is 4.98. The van der Waals surface area contributed by atoms with Gasteiger partial charge in [0, 0.05) is 55.7 Å². The lowest BCUT2D eigenvalue weighted by Crippen LogP contribution is -2.52. The molecule has 1 aliphatic heterocycles. The minimum atomic E-state index is -0.266. The van der Waals surface area contributed by atoms with E-state index >= 15 is 0 Å². The highest BCUT2D eigenvalue weighted by Gasteiger charge is 2.30. The van der Waals surface area contributed by atoms with Gasteiger partial charge in [0.25, 0.3) is 5.91 Å². The second-order valence-corrected chi connectivity index (χ2v) is 10.2. The Kier molecular flexibility index (Phi) is 6.35. The molecule has 1 unspecified atom stereocenters. The van der Waals surface area contributed by atoms with Crippen molar-refractivity contribution < 1.29 is 4.79 Å². The van der Waals surface area contributed by atoms with Crippen molar-refractivity contribution in [2.24, 2.45) is 5.18 Å². The third-order valence-corrected chi connectivity index (χ3v) is 8.16. The van der Waals surface area contributed by atoms with Crippen LogP contribution in [0.3, 0.4) is 0 Å². The molecule has 6 rings (SSSR count). The Balaban J connectivity index is 1.27. The van der Waals surface area contributed by atoms with Crippen LogP contribution in [0.1, 0.15) is 66.3 Å². The number of piperazine rings is 1. The molecule has 1 aromatic carbocycles. The van der Waals surface area contributed by atoms with E-state index in [1.807, 2.05) is 29.2 Å². The number of hydrogen-bond donors (Lipinski definition) is 1. The molecule has 2 fully saturated rings. The smallest absolute Gasteiger partial charge is 0.289 e. The van der Waals surface area contributed by atoms with Gasteiger partial charge in [-0.1, -0.05) is 36.6 Å². The Hall–Kier alpha value is -3.39. The number of H-pyrrole nitrogens is 1. The van der Waals surface area contributed by atoms with Crippen LogP contribution in [-0.2, 0) is 6.42 Å². The van der Waals surface area contributed by atoms with Gasteiger partial charge in [0.1, 0.15) is 6.04 Å². The van der Waals surface area contributed by atoms with Crippen molar-refractivity contribution in [3.63, 3.8) is 0 Å². The number of benzene rings is 1. The molecule has 2 aliphatic carbocycles. The van der Waals surface area contributed by atoms with Crippen molar-refractivity contribution in [3.8, 4) is 22.5 Å². The summed E-state index contributed by atoms with van der Waals surface area (Å²) in [4.78, 5) is 41.6. The molecule has 36 heavy (non-hydrogen) atoms. The Morgan fingerprint density at radius 3 is 2.47 bits per heavy atom. The van der Waals surface area contributed by atoms with Gasteiger partial charge in [-0.25, -0.2) is 4.98 Å². The van der Waals surface area contributed by atoms with Gasteiger partial charge in [0.2, 0.25) is 0 Å². The average molecular weight is 485 g/mol. The molecule has 3 heterocycles. The molecular weight excluding hydrogens is 452 g/mol. The standard InChI is InChI=1S/C28H32N6O2/c35-28(34-16-14-33(15-17-34)22-4-2-1-3-5-22)27-30-25(19-10-12-29-13-11-19)26(31-27)21-6-8-23-20(18-21)7-9-24(23)32-36/h6,8,10-13,18,22,24H,1-5,7,9,14-17H2,(H,30,31). The number of nitrogens with zero attached hydrogens (tertiary/aromatic N) is 5. The molecular formula is C28H32N6O2. The molecule has 8 nitrogen and oxygen atoms in total. The predicted molar refractivity (Wildman–Crippen MR) is 138 cm³/mol. The van der Waals surface area contributed by atoms with E-state index in [0.29, 0.717) is 11.9 Å². The first-order valence-electron chi connectivity index (χ1n) is 13.2. The van der Waals surface area contributed by atoms with Crippen LogP contribution in [0.4, 0.5) is 0 Å². The summed E-state index contributed by atoms with van der Waals surface area (Å²) < 4.78 is 0. The van der Waals surface area contributed by atoms with E-state index in [1.54, 1.807) is 12.4 Å². The van der Waals surface area contributed by atoms with Crippen LogP contribution in [0, 0.1) is 4.91 Å². The molecule has 0 bridgehead atoms. The van der Waals surface area contributed by atoms with E-state index in [4.69, 9.17) is 4.98 Å². The van der Waals surface area contributed by atoms with Gasteiger partial charge < -0.3 is 9.88 Å². The number of amides is 1. The van der Waals surface area contributed by atoms with Gasteiger partial charge in [-0.3, -0.25) is 14.7 Å². The Labute approximate surface area is 211 Å². The van der Waals surface area contributed by atoms with E-state index in [9.17, 15) is 9.70 Å². The average Bonchev–Trinajstić information content (AvgIpc) is 3.58. The topological polar surface area (TPSA) is 94.5 Å². The van der Waals surface area contributed by atoms with Gasteiger partial charge in [-0.05, 0) is 55.0 Å². The lowest BCUT2D eigenvalue weighted by molar-refractivity contribution is 0.0514. The quantitative estimate of drug-likeness (QED) is 0.515. The van der Waals surface area contributed by atoms with Crippen LogP contribution in [-0.4, -0.2) is 62.9 Å². The zero-order chi connectivity index (χ0) is 24.5. The van der Waals surface area contributed by atoms with Crippen LogP contribution in [0.5, 0.6) is 0 Å². The van der Waals surface area contributed by atoms with Crippen LogP contribution in [0.25, 0.3) is 22.5 Å². The number of rotatable bonds is 5. The van der Waals surface area contributed by atoms with E-state index < -0.39 is 0 Å². The van der Waals surface area contributed by atoms with Crippen molar-refractivity contribution >= 4 is 5.91 Å². The molecule has 1 saturated heterocycles. The highest BCUT2D eigenvalue weighted by atomic mass is 16.3. The Bertz CT molecular complexity index is 1240. The van der Waals surface area contributed by atoms with Crippen LogP contribution < -0.4 is 0 Å². The third kappa shape index (κ3) is 4.34. The number of aryl methyl sites for hydroxylation is 1. The van der Waals surface area contributed by atoms with Crippen molar-refractivity contribution in [1.29, 1.82) is 0 Å². The summed E-state index contributed by atoms with van der Waals surface area (Å²) in [6.07, 6.45) is 11.6. The SMILES string of the molecule is O=NC1CCc2cc(-c3nc(C(=O)N4CCN(C5CCCCC5)CC4)[nH]c3-c3ccncc3)ccc21. The largest absolute Gasteiger partial charge is 0.333 e. The number of nitrogens with one attached hydrogen (secondary N) is 1. The molecule has 1 N–H and O–H groups in total. The molecule has 1 amide bonds. The van der Waals surface area contributed by atoms with Crippen molar-refractivity contribution in [2.75, 3.05) is 26.2 Å². The highest BCUT2D eigenvalue weighted by Crippen LogP contribution is 2.38. The molecule has 3 aromatic rings. The number of aromatic amines is 1. The van der Waals surface area contributed by atoms with Crippen LogP contribution in [0.15, 0.2) is 47.9 Å². The number of carbonyl (C=O) groups is 1. The Morgan fingerprint density at radius 2 is 1.72 bits per heavy atom. The Morgan fingerprint density at radius 1 is 0.944 bits per heavy atom. The molecule has 8 heteroatoms. The first-order chi connectivity index (χ1) is 17.7. The van der Waals surface area contributed by atoms with Gasteiger partial charge in [0.05, 0.1) is 11.4 Å². The maximum atomic E-state index is 13.5. The zero-order valence-electron chi connectivity index (χ0n) is 20.5. The summed E-state index contributed by atoms with van der Waals surface area (Å²) in [5.41, 5.74) is 5.56. The lowest BCUT2D eigenvalue weighted by atomic mass is 9.94. The third-order valence-electron chi connectivity index (χ3n) is 8.16. The molecule has 0 spiro atoms. The summed E-state index contributed by atoms with van der Waals surface area (Å²) >= 11 is 0. The minimum absolute atomic E-state index is 0.0498. The summed E-state index contributed by atoms with van der Waals surface area (Å²) in [7, 11) is 0. The van der Waals surface area contributed by atoms with E-state index in [-0.39, 0.29) is 11.9 Å². The monoisotopic (exact) mass is 484 g/mol. The molecule has 186 valence electrons. The fourth-order valence-corrected chi connectivity index (χ4v) is 6.15. The first-order valence-corrected chi connectivity index (χ1v) is 13.2. The second kappa shape index (κ2) is 9.93. The molecule has 1 atom stereocenters. The summed E-state index contributed by atoms with van der Waals surface area (Å²) in [5, 5.41) is 3.28. The number of nitroso groups, excluding NO2 is 1. The normalized spacial score (nSPS) is 20.9.